The van der Waals surface area contributed by atoms with Crippen LogP contribution in [0.2, 0.25) is 0 Å². The Morgan fingerprint density at radius 1 is 0.917 bits per heavy atom. The molecule has 2 nitrogen and oxygen atoms in total. The van der Waals surface area contributed by atoms with Crippen LogP contribution in [0.15, 0.2) is 12.2 Å². The van der Waals surface area contributed by atoms with E-state index in [0.29, 0.717) is 12.8 Å². The highest BCUT2D eigenvalue weighted by molar-refractivity contribution is 6.05. The van der Waals surface area contributed by atoms with Crippen LogP contribution in [-0.2, 0) is 9.59 Å². The maximum atomic E-state index is 10.2. The molecule has 0 spiro atoms. The Morgan fingerprint density at radius 3 is 1.58 bits per heavy atom. The van der Waals surface area contributed by atoms with Gasteiger partial charge in [-0.25, -0.2) is 0 Å². The monoisotopic (exact) mass is 166 g/mol. The first-order chi connectivity index (χ1) is 5.79. The van der Waals surface area contributed by atoms with Gasteiger partial charge in [0.2, 0.25) is 0 Å². The average molecular weight is 166 g/mol. The predicted octanol–water partition coefficient (Wildman–Crippen LogP) is 2.04. The van der Waals surface area contributed by atoms with Gasteiger partial charge in [-0.05, 0) is 19.3 Å². The van der Waals surface area contributed by atoms with Crippen LogP contribution >= 0.6 is 0 Å². The van der Waals surface area contributed by atoms with E-state index in [-0.39, 0.29) is 18.0 Å². The normalized spacial score (nSPS) is 21.0. The summed E-state index contributed by atoms with van der Waals surface area (Å²) in [7, 11) is 0. The first-order valence-corrected chi connectivity index (χ1v) is 4.47. The fraction of sp³-hybridized carbons (Fsp3) is 0.600. The lowest BCUT2D eigenvalue weighted by atomic mass is 10.3. The van der Waals surface area contributed by atoms with E-state index in [0.717, 1.165) is 0 Å². The van der Waals surface area contributed by atoms with E-state index >= 15 is 0 Å². The first kappa shape index (κ1) is 9.17. The van der Waals surface area contributed by atoms with Crippen molar-refractivity contribution in [1.82, 2.24) is 0 Å². The van der Waals surface area contributed by atoms with Gasteiger partial charge in [0.15, 0.2) is 0 Å². The van der Waals surface area contributed by atoms with Crippen LogP contribution < -0.4 is 0 Å². The second-order valence-electron chi connectivity index (χ2n) is 3.16. The van der Waals surface area contributed by atoms with Crippen molar-refractivity contribution < 1.29 is 9.59 Å². The Labute approximate surface area is 72.7 Å². The van der Waals surface area contributed by atoms with Gasteiger partial charge in [0.05, 0.1) is 6.42 Å². The van der Waals surface area contributed by atoms with E-state index in [9.17, 15) is 9.59 Å². The third-order valence-electron chi connectivity index (χ3n) is 1.99. The van der Waals surface area contributed by atoms with Gasteiger partial charge in [0, 0.05) is 12.8 Å². The second-order valence-corrected chi connectivity index (χ2v) is 3.16. The molecular formula is C10H14O2. The van der Waals surface area contributed by atoms with Crippen LogP contribution in [0, 0.1) is 0 Å². The highest BCUT2D eigenvalue weighted by atomic mass is 16.2. The first-order valence-electron chi connectivity index (χ1n) is 4.47. The molecule has 0 aromatic heterocycles. The molecule has 2 aliphatic carbocycles. The molecule has 2 heteroatoms. The molecule has 0 heterocycles. The van der Waals surface area contributed by atoms with Crippen LogP contribution in [0.3, 0.4) is 0 Å². The SMILES string of the molecule is C1=CCCC1.O=C1CCC(=O)C1. The minimum absolute atomic E-state index is 0.102. The number of Topliss-reactive ketones (excluding diaryl/α,β-unsaturated/α-hetero) is 2. The van der Waals surface area contributed by atoms with Gasteiger partial charge in [-0.15, -0.1) is 0 Å². The molecular weight excluding hydrogens is 152 g/mol. The summed E-state index contributed by atoms with van der Waals surface area (Å²) >= 11 is 0. The summed E-state index contributed by atoms with van der Waals surface area (Å²) in [5.41, 5.74) is 0. The van der Waals surface area contributed by atoms with E-state index < -0.39 is 0 Å². The molecule has 1 fully saturated rings. The zero-order chi connectivity index (χ0) is 8.81. The van der Waals surface area contributed by atoms with Crippen molar-refractivity contribution in [1.29, 1.82) is 0 Å². The van der Waals surface area contributed by atoms with Crippen molar-refractivity contribution in [2.24, 2.45) is 0 Å². The van der Waals surface area contributed by atoms with E-state index in [4.69, 9.17) is 0 Å². The van der Waals surface area contributed by atoms with Gasteiger partial charge in [-0.2, -0.15) is 0 Å². The van der Waals surface area contributed by atoms with E-state index in [1.807, 2.05) is 0 Å². The van der Waals surface area contributed by atoms with E-state index in [2.05, 4.69) is 12.2 Å². The topological polar surface area (TPSA) is 34.1 Å². The second kappa shape index (κ2) is 4.86. The quantitative estimate of drug-likeness (QED) is 0.407. The Balaban J connectivity index is 0.000000127. The number of carbonyl (C=O) groups is 2. The van der Waals surface area contributed by atoms with Gasteiger partial charge in [0.25, 0.3) is 0 Å². The van der Waals surface area contributed by atoms with Crippen molar-refractivity contribution in [2.45, 2.75) is 38.5 Å². The third kappa shape index (κ3) is 3.46. The molecule has 0 aliphatic heterocycles. The zero-order valence-corrected chi connectivity index (χ0v) is 7.21. The van der Waals surface area contributed by atoms with Crippen molar-refractivity contribution >= 4 is 11.6 Å². The minimum Gasteiger partial charge on any atom is -0.299 e. The van der Waals surface area contributed by atoms with Gasteiger partial charge in [0.1, 0.15) is 11.6 Å². The number of hydrogen-bond acceptors (Lipinski definition) is 2. The summed E-state index contributed by atoms with van der Waals surface area (Å²) in [4.78, 5) is 20.5. The maximum Gasteiger partial charge on any atom is 0.140 e. The highest BCUT2D eigenvalue weighted by Gasteiger charge is 2.17. The largest absolute Gasteiger partial charge is 0.299 e. The molecule has 0 bridgehead atoms. The van der Waals surface area contributed by atoms with Gasteiger partial charge in [-0.1, -0.05) is 12.2 Å². The molecule has 66 valence electrons. The standard InChI is InChI=1S/C5H6O2.C5H8/c6-4-1-2-5(7)3-4;1-2-4-5-3-1/h1-3H2;1-2H,3-5H2. The molecule has 0 N–H and O–H groups in total. The molecule has 0 unspecified atom stereocenters. The summed E-state index contributed by atoms with van der Waals surface area (Å²) < 4.78 is 0. The van der Waals surface area contributed by atoms with E-state index in [1.165, 1.54) is 19.3 Å². The Morgan fingerprint density at radius 2 is 1.42 bits per heavy atom. The average Bonchev–Trinajstić information content (AvgIpc) is 2.63. The Kier molecular flexibility index (Phi) is 3.71. The lowest BCUT2D eigenvalue weighted by molar-refractivity contribution is -0.121. The molecule has 0 aromatic carbocycles. The molecule has 12 heavy (non-hydrogen) atoms. The van der Waals surface area contributed by atoms with Crippen molar-refractivity contribution in [3.05, 3.63) is 12.2 Å². The van der Waals surface area contributed by atoms with Crippen molar-refractivity contribution in [3.8, 4) is 0 Å². The van der Waals surface area contributed by atoms with Crippen LogP contribution in [0.4, 0.5) is 0 Å². The Bertz CT molecular complexity index is 184. The van der Waals surface area contributed by atoms with Crippen LogP contribution in [0.1, 0.15) is 38.5 Å². The fourth-order valence-electron chi connectivity index (χ4n) is 1.26. The number of allylic oxidation sites excluding steroid dienone is 2. The number of rotatable bonds is 0. The lowest BCUT2D eigenvalue weighted by Crippen LogP contribution is -1.88. The van der Waals surface area contributed by atoms with Gasteiger partial charge >= 0.3 is 0 Å². The summed E-state index contributed by atoms with van der Waals surface area (Å²) in [5.74, 6) is 0.204. The fourth-order valence-corrected chi connectivity index (χ4v) is 1.26. The number of carbonyl (C=O) groups excluding carboxylic acids is 2. The van der Waals surface area contributed by atoms with Gasteiger partial charge < -0.3 is 0 Å². The molecule has 1 saturated carbocycles. The van der Waals surface area contributed by atoms with Crippen LogP contribution in [-0.4, -0.2) is 11.6 Å². The number of ketones is 2. The van der Waals surface area contributed by atoms with Crippen LogP contribution in [0.25, 0.3) is 0 Å². The van der Waals surface area contributed by atoms with Gasteiger partial charge in [-0.3, -0.25) is 9.59 Å². The van der Waals surface area contributed by atoms with E-state index in [1.54, 1.807) is 0 Å². The molecule has 0 amide bonds. The molecule has 0 atom stereocenters. The molecule has 0 radical (unpaired) electrons. The Hall–Kier alpha value is -0.920. The van der Waals surface area contributed by atoms with Crippen molar-refractivity contribution in [2.75, 3.05) is 0 Å². The maximum absolute atomic E-state index is 10.2. The molecule has 2 aliphatic rings. The highest BCUT2D eigenvalue weighted by Crippen LogP contribution is 2.07. The predicted molar refractivity (Wildman–Crippen MR) is 46.9 cm³/mol. The summed E-state index contributed by atoms with van der Waals surface area (Å²) in [6.45, 7) is 0. The zero-order valence-electron chi connectivity index (χ0n) is 7.21. The summed E-state index contributed by atoms with van der Waals surface area (Å²) in [6, 6.07) is 0. The van der Waals surface area contributed by atoms with Crippen LogP contribution in [0.5, 0.6) is 0 Å². The molecule has 2 rings (SSSR count). The minimum atomic E-state index is 0.102. The van der Waals surface area contributed by atoms with Crippen molar-refractivity contribution in [3.63, 3.8) is 0 Å². The molecule has 0 aromatic rings. The third-order valence-corrected chi connectivity index (χ3v) is 1.99. The lowest BCUT2D eigenvalue weighted by Gasteiger charge is -1.71. The summed E-state index contributed by atoms with van der Waals surface area (Å²) in [6.07, 6.45) is 9.66. The smallest absolute Gasteiger partial charge is 0.140 e. The summed E-state index contributed by atoms with van der Waals surface area (Å²) in [5, 5.41) is 0. The molecule has 0 saturated heterocycles. The number of hydrogen-bond donors (Lipinski definition) is 0.